The Kier molecular flexibility index (Phi) is 6.93. The van der Waals surface area contributed by atoms with E-state index in [4.69, 9.17) is 0 Å². The van der Waals surface area contributed by atoms with Crippen molar-refractivity contribution in [3.05, 3.63) is 0 Å². The van der Waals surface area contributed by atoms with Crippen molar-refractivity contribution < 1.29 is 23.9 Å². The van der Waals surface area contributed by atoms with E-state index < -0.39 is 11.9 Å². The Labute approximate surface area is 80.3 Å². The highest BCUT2D eigenvalue weighted by Crippen LogP contribution is 1.95. The summed E-state index contributed by atoms with van der Waals surface area (Å²) in [6.07, 6.45) is -0.185. The van der Waals surface area contributed by atoms with Crippen LogP contribution in [0.5, 0.6) is 0 Å². The zero-order chi connectivity index (χ0) is 10.1. The molecule has 0 spiro atoms. The number of nitrogens with zero attached hydrogens (tertiary/aromatic N) is 1. The van der Waals surface area contributed by atoms with E-state index >= 15 is 0 Å². The van der Waals surface area contributed by atoms with Crippen LogP contribution in [0.4, 0.5) is 0 Å². The van der Waals surface area contributed by atoms with Crippen LogP contribution in [0.25, 0.3) is 0 Å². The molecule has 0 saturated carbocycles. The van der Waals surface area contributed by atoms with Crippen LogP contribution in [-0.4, -0.2) is 25.8 Å². The average Bonchev–Trinajstić information content (AvgIpc) is 2.12. The predicted octanol–water partition coefficient (Wildman–Crippen LogP) is 0.102. The van der Waals surface area contributed by atoms with Gasteiger partial charge in [-0.1, -0.05) is 0 Å². The highest BCUT2D eigenvalue weighted by molar-refractivity contribution is 7.47. The third-order valence-corrected chi connectivity index (χ3v) is 1.08. The van der Waals surface area contributed by atoms with Crippen LogP contribution in [-0.2, 0) is 36.3 Å². The maximum absolute atomic E-state index is 10.7. The van der Waals surface area contributed by atoms with Gasteiger partial charge in [-0.15, -0.1) is 0 Å². The molecule has 74 valence electrons. The number of carbonyl (C=O) groups excluding carboxylic acids is 2. The summed E-state index contributed by atoms with van der Waals surface area (Å²) in [4.78, 5) is 25.4. The van der Waals surface area contributed by atoms with Gasteiger partial charge >= 0.3 is 11.9 Å². The van der Waals surface area contributed by atoms with E-state index in [1.165, 1.54) is 7.11 Å². The predicted molar refractivity (Wildman–Crippen MR) is 43.1 cm³/mol. The molecule has 13 heavy (non-hydrogen) atoms. The van der Waals surface area contributed by atoms with Crippen molar-refractivity contribution in [1.82, 2.24) is 0 Å². The van der Waals surface area contributed by atoms with Crippen molar-refractivity contribution in [2.75, 3.05) is 13.9 Å². The number of hydrogen-bond acceptors (Lipinski definition) is 7. The topological polar surface area (TPSA) is 74.2 Å². The van der Waals surface area contributed by atoms with Crippen molar-refractivity contribution in [3.8, 4) is 0 Å². The first-order chi connectivity index (χ1) is 6.20. The number of methoxy groups -OCH3 is 1. The largest absolute Gasteiger partial charge is 0.438 e. The molecular weight excluding hydrogens is 198 g/mol. The van der Waals surface area contributed by atoms with E-state index in [1.54, 1.807) is 0 Å². The first-order valence-electron chi connectivity index (χ1n) is 3.37. The number of hydrogen-bond donors (Lipinski definition) is 0. The second-order valence-corrected chi connectivity index (χ2v) is 2.11. The van der Waals surface area contributed by atoms with Gasteiger partial charge in [0.15, 0.2) is 6.79 Å². The Morgan fingerprint density at radius 1 is 1.31 bits per heavy atom. The van der Waals surface area contributed by atoms with Crippen molar-refractivity contribution in [2.45, 2.75) is 12.8 Å². The summed E-state index contributed by atoms with van der Waals surface area (Å²) in [5.74, 6) is -1.20. The van der Waals surface area contributed by atoms with E-state index in [9.17, 15) is 9.59 Å². The second kappa shape index (κ2) is 7.56. The Balaban J connectivity index is 3.45. The molecule has 0 fully saturated rings. The van der Waals surface area contributed by atoms with E-state index in [0.717, 1.165) is 0 Å². The molecule has 0 radical (unpaired) electrons. The summed E-state index contributed by atoms with van der Waals surface area (Å²) in [7, 11) is 1.39. The fourth-order valence-corrected chi connectivity index (χ4v) is 0.571. The number of esters is 1. The Bertz CT molecular complexity index is 195. The Morgan fingerprint density at radius 3 is 2.46 bits per heavy atom. The van der Waals surface area contributed by atoms with Crippen molar-refractivity contribution in [1.29, 1.82) is 0 Å². The van der Waals surface area contributed by atoms with Gasteiger partial charge in [-0.25, -0.2) is 4.79 Å². The number of rotatable bonds is 6. The third kappa shape index (κ3) is 7.29. The molecule has 0 N–H and O–H groups in total. The van der Waals surface area contributed by atoms with Crippen molar-refractivity contribution in [3.63, 3.8) is 0 Å². The lowest BCUT2D eigenvalue weighted by atomic mass is 10.3. The fourth-order valence-electron chi connectivity index (χ4n) is 0.488. The minimum atomic E-state index is -0.663. The van der Waals surface area contributed by atoms with Gasteiger partial charge in [0.05, 0.1) is 25.3 Å². The van der Waals surface area contributed by atoms with Crippen LogP contribution in [0.2, 0.25) is 0 Å². The molecule has 0 atom stereocenters. The van der Waals surface area contributed by atoms with Crippen LogP contribution in [0.3, 0.4) is 0 Å². The van der Waals surface area contributed by atoms with Gasteiger partial charge in [0.2, 0.25) is 0 Å². The highest BCUT2D eigenvalue weighted by atomic mass is 32.1. The molecule has 0 rings (SSSR count). The van der Waals surface area contributed by atoms with E-state index in [-0.39, 0.29) is 19.6 Å². The SMILES string of the molecule is COCOC(=O)CCC(=O)ON=S. The molecule has 0 aromatic heterocycles. The van der Waals surface area contributed by atoms with Gasteiger partial charge in [0.1, 0.15) is 0 Å². The fraction of sp³-hybridized carbons (Fsp3) is 0.667. The molecule has 0 unspecified atom stereocenters. The lowest BCUT2D eigenvalue weighted by Crippen LogP contribution is -2.09. The van der Waals surface area contributed by atoms with Gasteiger partial charge in [-0.2, -0.15) is 0 Å². The molecule has 0 aliphatic heterocycles. The van der Waals surface area contributed by atoms with Crippen LogP contribution < -0.4 is 0 Å². The molecule has 0 bridgehead atoms. The van der Waals surface area contributed by atoms with Crippen LogP contribution in [0.15, 0.2) is 4.53 Å². The molecule has 0 aromatic rings. The van der Waals surface area contributed by atoms with Crippen molar-refractivity contribution >= 4 is 24.4 Å². The monoisotopic (exact) mass is 207 g/mol. The molecule has 0 aliphatic carbocycles. The molecule has 0 amide bonds. The van der Waals surface area contributed by atoms with E-state index in [0.29, 0.717) is 0 Å². The van der Waals surface area contributed by atoms with Gasteiger partial charge in [0, 0.05) is 7.11 Å². The van der Waals surface area contributed by atoms with Gasteiger partial charge < -0.3 is 14.3 Å². The molecule has 0 heterocycles. The van der Waals surface area contributed by atoms with Crippen molar-refractivity contribution in [2.24, 2.45) is 4.53 Å². The summed E-state index contributed by atoms with van der Waals surface area (Å²) in [6.45, 7) is -0.126. The molecule has 6 nitrogen and oxygen atoms in total. The van der Waals surface area contributed by atoms with Gasteiger partial charge in [0.25, 0.3) is 0 Å². The first-order valence-corrected chi connectivity index (χ1v) is 3.74. The minimum absolute atomic E-state index is 0.0763. The molecule has 0 saturated heterocycles. The summed E-state index contributed by atoms with van der Waals surface area (Å²) >= 11 is 4.02. The Morgan fingerprint density at radius 2 is 1.92 bits per heavy atom. The minimum Gasteiger partial charge on any atom is -0.438 e. The zero-order valence-electron chi connectivity index (χ0n) is 7.02. The van der Waals surface area contributed by atoms with Gasteiger partial charge in [-0.3, -0.25) is 4.79 Å². The van der Waals surface area contributed by atoms with E-state index in [1.807, 2.05) is 0 Å². The van der Waals surface area contributed by atoms with E-state index in [2.05, 4.69) is 31.3 Å². The molecular formula is C6H9NO5S. The third-order valence-electron chi connectivity index (χ3n) is 1.01. The summed E-state index contributed by atoms with van der Waals surface area (Å²) in [6, 6.07) is 0. The van der Waals surface area contributed by atoms with Crippen LogP contribution in [0.1, 0.15) is 12.8 Å². The summed E-state index contributed by atoms with van der Waals surface area (Å²) in [5.41, 5.74) is 0. The standard InChI is InChI=1S/C6H9NO5S/c1-10-4-11-5(8)2-3-6(9)12-7-13/h2-4H2,1H3. The second-order valence-electron chi connectivity index (χ2n) is 1.96. The summed E-state index contributed by atoms with van der Waals surface area (Å²) < 4.78 is 11.7. The normalized spacial score (nSPS) is 9.00. The van der Waals surface area contributed by atoms with Crippen LogP contribution in [0, 0.1) is 0 Å². The molecule has 7 heteroatoms. The number of ether oxygens (including phenoxy) is 2. The molecule has 0 aliphatic rings. The molecule has 0 aromatic carbocycles. The first kappa shape index (κ1) is 11.9. The Hall–Kier alpha value is -1.08. The van der Waals surface area contributed by atoms with Gasteiger partial charge in [-0.05, 0) is 4.53 Å². The zero-order valence-corrected chi connectivity index (χ0v) is 7.83. The lowest BCUT2D eigenvalue weighted by molar-refractivity contribution is -0.157. The highest BCUT2D eigenvalue weighted by Gasteiger charge is 2.08. The summed E-state index contributed by atoms with van der Waals surface area (Å²) in [5, 5.41) is 0. The lowest BCUT2D eigenvalue weighted by Gasteiger charge is -2.00. The smallest absolute Gasteiger partial charge is 0.336 e. The maximum Gasteiger partial charge on any atom is 0.336 e. The number of carbonyl (C=O) groups is 2. The maximum atomic E-state index is 10.7. The average molecular weight is 207 g/mol. The van der Waals surface area contributed by atoms with Crippen LogP contribution >= 0.6 is 0 Å². The quantitative estimate of drug-likeness (QED) is 0.349.